The number of anilines is 2. The smallest absolute Gasteiger partial charge is 0.338 e. The Morgan fingerprint density at radius 1 is 0.840 bits per heavy atom. The number of rotatable bonds is 4. The van der Waals surface area contributed by atoms with Gasteiger partial charge in [-0.1, -0.05) is 35.9 Å². The number of pyridine rings is 1. The fourth-order valence-corrected chi connectivity index (χ4v) is 2.87. The number of hydrogen-bond acceptors (Lipinski definition) is 4. The molecule has 0 amide bonds. The SMILES string of the molecule is Clc1ccc(Nc2nnc(Cc3ccncc3)c3ccccc23)cc1.[H+]. The lowest BCUT2D eigenvalue weighted by molar-refractivity contribution is 0.960. The second-order valence-corrected chi connectivity index (χ2v) is 6.14. The summed E-state index contributed by atoms with van der Waals surface area (Å²) in [6, 6.07) is 19.7. The minimum Gasteiger partial charge on any atom is -0.338 e. The monoisotopic (exact) mass is 347 g/mol. The van der Waals surface area contributed by atoms with Gasteiger partial charge in [0.1, 0.15) is 0 Å². The molecule has 0 spiro atoms. The first kappa shape index (κ1) is 15.5. The van der Waals surface area contributed by atoms with Gasteiger partial charge in [-0.3, -0.25) is 4.98 Å². The third-order valence-electron chi connectivity index (χ3n) is 3.99. The number of aromatic nitrogens is 3. The van der Waals surface area contributed by atoms with Gasteiger partial charge in [-0.05, 0) is 42.0 Å². The molecular formula is C20H16ClN4+. The molecule has 2 aromatic heterocycles. The van der Waals surface area contributed by atoms with Crippen molar-refractivity contribution in [3.63, 3.8) is 0 Å². The number of halogens is 1. The predicted molar refractivity (Wildman–Crippen MR) is 102 cm³/mol. The van der Waals surface area contributed by atoms with E-state index in [2.05, 4.69) is 32.6 Å². The van der Waals surface area contributed by atoms with Crippen LogP contribution in [0.3, 0.4) is 0 Å². The van der Waals surface area contributed by atoms with Crippen molar-refractivity contribution < 1.29 is 1.43 Å². The van der Waals surface area contributed by atoms with Crippen LogP contribution in [0.4, 0.5) is 11.5 Å². The molecule has 0 saturated carbocycles. The zero-order valence-corrected chi connectivity index (χ0v) is 14.1. The Morgan fingerprint density at radius 2 is 1.56 bits per heavy atom. The minimum absolute atomic E-state index is 0. The maximum atomic E-state index is 5.95. The van der Waals surface area contributed by atoms with E-state index in [9.17, 15) is 0 Å². The summed E-state index contributed by atoms with van der Waals surface area (Å²) in [6.07, 6.45) is 4.31. The van der Waals surface area contributed by atoms with Gasteiger partial charge in [0.2, 0.25) is 0 Å². The molecule has 5 heteroatoms. The van der Waals surface area contributed by atoms with Gasteiger partial charge in [0.15, 0.2) is 5.82 Å². The van der Waals surface area contributed by atoms with Crippen molar-refractivity contribution in [2.75, 3.05) is 5.32 Å². The molecule has 25 heavy (non-hydrogen) atoms. The predicted octanol–water partition coefficient (Wildman–Crippen LogP) is 5.13. The van der Waals surface area contributed by atoms with Crippen LogP contribution in [0.2, 0.25) is 5.02 Å². The highest BCUT2D eigenvalue weighted by Crippen LogP contribution is 2.27. The molecule has 0 bridgehead atoms. The molecule has 0 radical (unpaired) electrons. The molecule has 2 aromatic carbocycles. The normalized spacial score (nSPS) is 10.8. The zero-order chi connectivity index (χ0) is 17.1. The van der Waals surface area contributed by atoms with Gasteiger partial charge in [0.25, 0.3) is 0 Å². The van der Waals surface area contributed by atoms with E-state index in [0.29, 0.717) is 5.02 Å². The Hall–Kier alpha value is -2.98. The van der Waals surface area contributed by atoms with Gasteiger partial charge in [-0.25, -0.2) is 0 Å². The summed E-state index contributed by atoms with van der Waals surface area (Å²) in [7, 11) is 0. The van der Waals surface area contributed by atoms with Crippen LogP contribution in [0, 0.1) is 0 Å². The fraction of sp³-hybridized carbons (Fsp3) is 0.0500. The Morgan fingerprint density at radius 3 is 2.32 bits per heavy atom. The fourth-order valence-electron chi connectivity index (χ4n) is 2.75. The summed E-state index contributed by atoms with van der Waals surface area (Å²) < 4.78 is 0. The van der Waals surface area contributed by atoms with Crippen LogP contribution in [0.5, 0.6) is 0 Å². The molecule has 4 nitrogen and oxygen atoms in total. The summed E-state index contributed by atoms with van der Waals surface area (Å²) in [5, 5.41) is 15.0. The zero-order valence-electron chi connectivity index (χ0n) is 14.4. The van der Waals surface area contributed by atoms with Crippen molar-refractivity contribution in [3.05, 3.63) is 89.3 Å². The lowest BCUT2D eigenvalue weighted by Crippen LogP contribution is -2.02. The van der Waals surface area contributed by atoms with Gasteiger partial charge in [-0.15, -0.1) is 5.10 Å². The maximum absolute atomic E-state index is 5.95. The van der Waals surface area contributed by atoms with E-state index in [1.165, 1.54) is 0 Å². The first-order valence-corrected chi connectivity index (χ1v) is 8.33. The van der Waals surface area contributed by atoms with Gasteiger partial charge < -0.3 is 5.32 Å². The molecule has 122 valence electrons. The Kier molecular flexibility index (Phi) is 4.27. The third-order valence-corrected chi connectivity index (χ3v) is 4.24. The molecule has 0 aliphatic rings. The van der Waals surface area contributed by atoms with Crippen molar-refractivity contribution in [1.82, 2.24) is 15.2 Å². The number of hydrogen-bond donors (Lipinski definition) is 1. The number of benzene rings is 2. The number of nitrogens with one attached hydrogen (secondary N) is 1. The van der Waals surface area contributed by atoms with E-state index in [1.54, 1.807) is 12.4 Å². The van der Waals surface area contributed by atoms with E-state index in [1.807, 2.05) is 48.5 Å². The molecule has 0 aliphatic carbocycles. The Bertz CT molecular complexity index is 1010. The quantitative estimate of drug-likeness (QED) is 0.556. The molecule has 1 N–H and O–H groups in total. The number of nitrogens with zero attached hydrogens (tertiary/aromatic N) is 3. The summed E-state index contributed by atoms with van der Waals surface area (Å²) in [6.45, 7) is 0. The minimum atomic E-state index is 0. The Balaban J connectivity index is 0.00000196. The molecule has 4 aromatic rings. The molecule has 0 fully saturated rings. The average Bonchev–Trinajstić information content (AvgIpc) is 2.66. The highest BCUT2D eigenvalue weighted by Gasteiger charge is 2.10. The van der Waals surface area contributed by atoms with Crippen molar-refractivity contribution in [2.24, 2.45) is 0 Å². The van der Waals surface area contributed by atoms with Crippen molar-refractivity contribution in [1.29, 1.82) is 0 Å². The van der Waals surface area contributed by atoms with E-state index in [4.69, 9.17) is 11.6 Å². The van der Waals surface area contributed by atoms with E-state index < -0.39 is 0 Å². The van der Waals surface area contributed by atoms with Crippen LogP contribution in [-0.2, 0) is 6.42 Å². The van der Waals surface area contributed by atoms with Crippen LogP contribution in [0.25, 0.3) is 10.8 Å². The topological polar surface area (TPSA) is 50.7 Å². The molecule has 0 unspecified atom stereocenters. The van der Waals surface area contributed by atoms with Crippen LogP contribution in [0.1, 0.15) is 12.7 Å². The maximum Gasteiger partial charge on any atom is 1.00 e. The molecular weight excluding hydrogens is 332 g/mol. The summed E-state index contributed by atoms with van der Waals surface area (Å²) in [4.78, 5) is 4.06. The largest absolute Gasteiger partial charge is 1.00 e. The summed E-state index contributed by atoms with van der Waals surface area (Å²) in [5.41, 5.74) is 3.03. The highest BCUT2D eigenvalue weighted by molar-refractivity contribution is 6.30. The van der Waals surface area contributed by atoms with Crippen LogP contribution in [-0.4, -0.2) is 15.2 Å². The standard InChI is InChI=1S/C20H15ClN4/c21-15-5-7-16(8-6-15)23-20-18-4-2-1-3-17(18)19(24-25-20)13-14-9-11-22-12-10-14/h1-12H,13H2,(H,23,25)/p+1. The van der Waals surface area contributed by atoms with Crippen LogP contribution >= 0.6 is 11.6 Å². The highest BCUT2D eigenvalue weighted by atomic mass is 35.5. The van der Waals surface area contributed by atoms with Crippen molar-refractivity contribution in [2.45, 2.75) is 6.42 Å². The lowest BCUT2D eigenvalue weighted by Gasteiger charge is -2.11. The second kappa shape index (κ2) is 6.87. The summed E-state index contributed by atoms with van der Waals surface area (Å²) >= 11 is 5.95. The van der Waals surface area contributed by atoms with E-state index in [-0.39, 0.29) is 1.43 Å². The third kappa shape index (κ3) is 3.44. The molecule has 0 atom stereocenters. The molecule has 2 heterocycles. The summed E-state index contributed by atoms with van der Waals surface area (Å²) in [5.74, 6) is 0.733. The van der Waals surface area contributed by atoms with Gasteiger partial charge in [0.05, 0.1) is 5.69 Å². The van der Waals surface area contributed by atoms with Crippen molar-refractivity contribution >= 4 is 33.9 Å². The Labute approximate surface area is 152 Å². The number of fused-ring (bicyclic) bond motifs is 1. The van der Waals surface area contributed by atoms with Crippen LogP contribution < -0.4 is 5.32 Å². The molecule has 0 aliphatic heterocycles. The molecule has 0 saturated heterocycles. The van der Waals surface area contributed by atoms with Gasteiger partial charge in [-0.2, -0.15) is 5.10 Å². The van der Waals surface area contributed by atoms with Gasteiger partial charge in [0, 0.05) is 40.3 Å². The van der Waals surface area contributed by atoms with Gasteiger partial charge >= 0.3 is 1.43 Å². The van der Waals surface area contributed by atoms with Crippen molar-refractivity contribution in [3.8, 4) is 0 Å². The van der Waals surface area contributed by atoms with E-state index >= 15 is 0 Å². The lowest BCUT2D eigenvalue weighted by atomic mass is 10.0. The first-order chi connectivity index (χ1) is 12.3. The van der Waals surface area contributed by atoms with E-state index in [0.717, 1.165) is 40.0 Å². The average molecular weight is 348 g/mol. The molecule has 4 rings (SSSR count). The van der Waals surface area contributed by atoms with Crippen LogP contribution in [0.15, 0.2) is 73.1 Å². The first-order valence-electron chi connectivity index (χ1n) is 7.95. The second-order valence-electron chi connectivity index (χ2n) is 5.71.